The van der Waals surface area contributed by atoms with E-state index in [0.29, 0.717) is 0 Å². The SMILES string of the molecule is C=CC(=O)NCC(C)C(=O)O. The van der Waals surface area contributed by atoms with Gasteiger partial charge in [-0.25, -0.2) is 0 Å². The number of amides is 1. The van der Waals surface area contributed by atoms with Crippen molar-refractivity contribution in [3.8, 4) is 0 Å². The summed E-state index contributed by atoms with van der Waals surface area (Å²) in [6.45, 7) is 4.88. The van der Waals surface area contributed by atoms with Gasteiger partial charge in [0.05, 0.1) is 5.92 Å². The minimum absolute atomic E-state index is 0.139. The average Bonchev–Trinajstić information content (AvgIpc) is 1.99. The Labute approximate surface area is 64.9 Å². The van der Waals surface area contributed by atoms with Gasteiger partial charge in [0.1, 0.15) is 0 Å². The predicted molar refractivity (Wildman–Crippen MR) is 40.0 cm³/mol. The molecule has 0 heterocycles. The van der Waals surface area contributed by atoms with E-state index in [-0.39, 0.29) is 12.5 Å². The molecular formula is C7H11NO3. The van der Waals surface area contributed by atoms with Crippen molar-refractivity contribution in [1.29, 1.82) is 0 Å². The van der Waals surface area contributed by atoms with Gasteiger partial charge in [-0.2, -0.15) is 0 Å². The minimum Gasteiger partial charge on any atom is -0.481 e. The van der Waals surface area contributed by atoms with E-state index in [1.165, 1.54) is 6.92 Å². The van der Waals surface area contributed by atoms with Crippen molar-refractivity contribution < 1.29 is 14.7 Å². The van der Waals surface area contributed by atoms with Gasteiger partial charge in [0.15, 0.2) is 0 Å². The van der Waals surface area contributed by atoms with Gasteiger partial charge in [0.2, 0.25) is 5.91 Å². The normalized spacial score (nSPS) is 11.7. The van der Waals surface area contributed by atoms with E-state index in [0.717, 1.165) is 6.08 Å². The van der Waals surface area contributed by atoms with Crippen LogP contribution in [-0.4, -0.2) is 23.5 Å². The second-order valence-corrected chi connectivity index (χ2v) is 2.19. The van der Waals surface area contributed by atoms with Crippen LogP contribution in [0, 0.1) is 5.92 Å². The van der Waals surface area contributed by atoms with Crippen LogP contribution in [0.15, 0.2) is 12.7 Å². The molecule has 4 nitrogen and oxygen atoms in total. The third-order valence-corrected chi connectivity index (χ3v) is 1.19. The minimum atomic E-state index is -0.922. The monoisotopic (exact) mass is 157 g/mol. The first-order chi connectivity index (χ1) is 5.07. The summed E-state index contributed by atoms with van der Waals surface area (Å²) in [5.74, 6) is -1.83. The zero-order valence-corrected chi connectivity index (χ0v) is 6.33. The van der Waals surface area contributed by atoms with Gasteiger partial charge in [-0.05, 0) is 6.08 Å². The molecule has 0 aromatic carbocycles. The summed E-state index contributed by atoms with van der Waals surface area (Å²) in [6, 6.07) is 0. The summed E-state index contributed by atoms with van der Waals surface area (Å²) in [5, 5.41) is 10.8. The van der Waals surface area contributed by atoms with Crippen molar-refractivity contribution in [2.75, 3.05) is 6.54 Å². The lowest BCUT2D eigenvalue weighted by Crippen LogP contribution is -2.29. The Balaban J connectivity index is 3.62. The Bertz CT molecular complexity index is 177. The maximum atomic E-state index is 10.5. The molecule has 0 spiro atoms. The molecule has 62 valence electrons. The molecule has 0 saturated carbocycles. The second-order valence-electron chi connectivity index (χ2n) is 2.19. The summed E-state index contributed by atoms with van der Waals surface area (Å²) >= 11 is 0. The van der Waals surface area contributed by atoms with Gasteiger partial charge in [0, 0.05) is 6.54 Å². The molecule has 0 radical (unpaired) electrons. The summed E-state index contributed by atoms with van der Waals surface area (Å²) < 4.78 is 0. The lowest BCUT2D eigenvalue weighted by molar-refractivity contribution is -0.141. The molecule has 0 aromatic rings. The fraction of sp³-hybridized carbons (Fsp3) is 0.429. The van der Waals surface area contributed by atoms with E-state index >= 15 is 0 Å². The molecule has 0 rings (SSSR count). The summed E-state index contributed by atoms with van der Waals surface area (Å²) in [5.41, 5.74) is 0. The van der Waals surface area contributed by atoms with Crippen LogP contribution in [0.4, 0.5) is 0 Å². The number of nitrogens with one attached hydrogen (secondary N) is 1. The van der Waals surface area contributed by atoms with Crippen LogP contribution < -0.4 is 5.32 Å². The standard InChI is InChI=1S/C7H11NO3/c1-3-6(9)8-4-5(2)7(10)11/h3,5H,1,4H2,2H3,(H,8,9)(H,10,11). The molecule has 11 heavy (non-hydrogen) atoms. The van der Waals surface area contributed by atoms with Crippen molar-refractivity contribution in [1.82, 2.24) is 5.32 Å². The number of hydrogen-bond donors (Lipinski definition) is 2. The van der Waals surface area contributed by atoms with Crippen LogP contribution >= 0.6 is 0 Å². The van der Waals surface area contributed by atoms with Crippen molar-refractivity contribution >= 4 is 11.9 Å². The fourth-order valence-corrected chi connectivity index (χ4v) is 0.413. The van der Waals surface area contributed by atoms with Gasteiger partial charge in [-0.3, -0.25) is 9.59 Å². The number of carboxylic acid groups (broad SMARTS) is 1. The van der Waals surface area contributed by atoms with Crippen LogP contribution in [0.2, 0.25) is 0 Å². The maximum Gasteiger partial charge on any atom is 0.308 e. The summed E-state index contributed by atoms with van der Waals surface area (Å²) in [6.07, 6.45) is 1.11. The van der Waals surface area contributed by atoms with Crippen molar-refractivity contribution in [2.45, 2.75) is 6.92 Å². The maximum absolute atomic E-state index is 10.5. The number of carboxylic acids is 1. The van der Waals surface area contributed by atoms with Crippen LogP contribution in [-0.2, 0) is 9.59 Å². The van der Waals surface area contributed by atoms with Gasteiger partial charge in [0.25, 0.3) is 0 Å². The van der Waals surface area contributed by atoms with Gasteiger partial charge < -0.3 is 10.4 Å². The smallest absolute Gasteiger partial charge is 0.308 e. The Kier molecular flexibility index (Phi) is 3.95. The van der Waals surface area contributed by atoms with Crippen molar-refractivity contribution in [3.05, 3.63) is 12.7 Å². The third kappa shape index (κ3) is 4.13. The zero-order valence-electron chi connectivity index (χ0n) is 6.33. The lowest BCUT2D eigenvalue weighted by Gasteiger charge is -2.05. The average molecular weight is 157 g/mol. The van der Waals surface area contributed by atoms with E-state index in [2.05, 4.69) is 11.9 Å². The molecular weight excluding hydrogens is 146 g/mol. The third-order valence-electron chi connectivity index (χ3n) is 1.19. The van der Waals surface area contributed by atoms with Crippen LogP contribution in [0.25, 0.3) is 0 Å². The highest BCUT2D eigenvalue weighted by atomic mass is 16.4. The molecule has 0 bridgehead atoms. The number of carbonyl (C=O) groups excluding carboxylic acids is 1. The molecule has 1 atom stereocenters. The van der Waals surface area contributed by atoms with E-state index < -0.39 is 11.9 Å². The first-order valence-corrected chi connectivity index (χ1v) is 3.21. The van der Waals surface area contributed by atoms with Gasteiger partial charge in [-0.1, -0.05) is 13.5 Å². The Morgan fingerprint density at radius 1 is 1.73 bits per heavy atom. The van der Waals surface area contributed by atoms with E-state index in [1.54, 1.807) is 0 Å². The number of rotatable bonds is 4. The molecule has 4 heteroatoms. The van der Waals surface area contributed by atoms with Gasteiger partial charge >= 0.3 is 5.97 Å². The van der Waals surface area contributed by atoms with E-state index in [1.807, 2.05) is 0 Å². The number of aliphatic carboxylic acids is 1. The fourth-order valence-electron chi connectivity index (χ4n) is 0.413. The molecule has 0 aromatic heterocycles. The molecule has 0 aliphatic rings. The first kappa shape index (κ1) is 9.68. The van der Waals surface area contributed by atoms with Crippen LogP contribution in [0.3, 0.4) is 0 Å². The topological polar surface area (TPSA) is 66.4 Å². The quantitative estimate of drug-likeness (QED) is 0.565. The number of carbonyl (C=O) groups is 2. The predicted octanol–water partition coefficient (Wildman–Crippen LogP) is 0.00930. The van der Waals surface area contributed by atoms with E-state index in [4.69, 9.17) is 5.11 Å². The van der Waals surface area contributed by atoms with E-state index in [9.17, 15) is 9.59 Å². The molecule has 0 aliphatic heterocycles. The largest absolute Gasteiger partial charge is 0.481 e. The summed E-state index contributed by atoms with van der Waals surface area (Å²) in [7, 11) is 0. The molecule has 2 N–H and O–H groups in total. The summed E-state index contributed by atoms with van der Waals surface area (Å²) in [4.78, 5) is 20.7. The highest BCUT2D eigenvalue weighted by molar-refractivity contribution is 5.87. The van der Waals surface area contributed by atoms with Gasteiger partial charge in [-0.15, -0.1) is 0 Å². The Morgan fingerprint density at radius 3 is 2.64 bits per heavy atom. The molecule has 0 aliphatic carbocycles. The van der Waals surface area contributed by atoms with Crippen molar-refractivity contribution in [3.63, 3.8) is 0 Å². The van der Waals surface area contributed by atoms with Crippen molar-refractivity contribution in [2.24, 2.45) is 5.92 Å². The second kappa shape index (κ2) is 4.49. The number of hydrogen-bond acceptors (Lipinski definition) is 2. The Hall–Kier alpha value is -1.32. The van der Waals surface area contributed by atoms with Crippen LogP contribution in [0.1, 0.15) is 6.92 Å². The molecule has 0 fully saturated rings. The molecule has 0 saturated heterocycles. The van der Waals surface area contributed by atoms with Crippen LogP contribution in [0.5, 0.6) is 0 Å². The Morgan fingerprint density at radius 2 is 2.27 bits per heavy atom. The lowest BCUT2D eigenvalue weighted by atomic mass is 10.2. The molecule has 1 amide bonds. The highest BCUT2D eigenvalue weighted by Crippen LogP contribution is 1.90. The first-order valence-electron chi connectivity index (χ1n) is 3.21. The molecule has 1 unspecified atom stereocenters. The zero-order chi connectivity index (χ0) is 8.85. The highest BCUT2D eigenvalue weighted by Gasteiger charge is 2.10.